The molecule has 5 heteroatoms. The maximum Gasteiger partial charge on any atom is 0.164 e. The molecule has 12 rings (SSSR count). The van der Waals surface area contributed by atoms with E-state index in [1.807, 2.05) is 84.6 Å². The smallest absolute Gasteiger partial charge is 0.164 e. The highest BCUT2D eigenvalue weighted by atomic mass is 32.2. The van der Waals surface area contributed by atoms with Crippen molar-refractivity contribution >= 4 is 33.7 Å². The fourth-order valence-electron chi connectivity index (χ4n) is 9.16. The molecule has 3 heterocycles. The fraction of sp³-hybridized carbons (Fsp3) is 0.0192. The molecule has 0 bridgehead atoms. The molecule has 57 heavy (non-hydrogen) atoms. The summed E-state index contributed by atoms with van der Waals surface area (Å²) < 4.78 is 6.54. The van der Waals surface area contributed by atoms with Crippen LogP contribution in [0.15, 0.2) is 202 Å². The summed E-state index contributed by atoms with van der Waals surface area (Å²) in [5.41, 5.74) is 14.1. The largest absolute Gasteiger partial charge is 0.456 e. The normalized spacial score (nSPS) is 13.3. The highest BCUT2D eigenvalue weighted by Crippen LogP contribution is 2.62. The molecule has 2 aromatic heterocycles. The molecule has 4 nitrogen and oxygen atoms in total. The molecule has 0 radical (unpaired) electrons. The lowest BCUT2D eigenvalue weighted by Crippen LogP contribution is -2.32. The Morgan fingerprint density at radius 2 is 0.912 bits per heavy atom. The van der Waals surface area contributed by atoms with Gasteiger partial charge in [-0.15, -0.1) is 0 Å². The molecule has 0 unspecified atom stereocenters. The highest BCUT2D eigenvalue weighted by Gasteiger charge is 2.50. The van der Waals surface area contributed by atoms with Gasteiger partial charge in [0.15, 0.2) is 17.5 Å². The molecule has 1 spiro atoms. The maximum absolute atomic E-state index is 6.54. The summed E-state index contributed by atoms with van der Waals surface area (Å²) in [4.78, 5) is 17.7. The molecule has 0 atom stereocenters. The highest BCUT2D eigenvalue weighted by molar-refractivity contribution is 7.99. The molecule has 2 aliphatic rings. The summed E-state index contributed by atoms with van der Waals surface area (Å²) in [5.74, 6) is 1.86. The van der Waals surface area contributed by atoms with Crippen LogP contribution in [0.25, 0.3) is 78.4 Å². The van der Waals surface area contributed by atoms with Gasteiger partial charge in [-0.05, 0) is 80.9 Å². The van der Waals surface area contributed by atoms with Crippen LogP contribution in [0.3, 0.4) is 0 Å². The lowest BCUT2D eigenvalue weighted by Gasteiger charge is -2.40. The van der Waals surface area contributed by atoms with E-state index in [2.05, 4.69) is 115 Å². The summed E-state index contributed by atoms with van der Waals surface area (Å²) in [5, 5.41) is 2.00. The van der Waals surface area contributed by atoms with Crippen molar-refractivity contribution in [3.05, 3.63) is 210 Å². The summed E-state index contributed by atoms with van der Waals surface area (Å²) in [6.45, 7) is 0. The van der Waals surface area contributed by atoms with E-state index < -0.39 is 5.41 Å². The van der Waals surface area contributed by atoms with Crippen molar-refractivity contribution in [1.82, 2.24) is 15.0 Å². The number of furan rings is 1. The average Bonchev–Trinajstić information content (AvgIpc) is 3.81. The molecule has 1 aliphatic heterocycles. The molecule has 0 N–H and O–H groups in total. The quantitative estimate of drug-likeness (QED) is 0.180. The van der Waals surface area contributed by atoms with Gasteiger partial charge in [-0.1, -0.05) is 163 Å². The number of nitrogens with zero attached hydrogens (tertiary/aromatic N) is 3. The molecule has 0 amide bonds. The minimum Gasteiger partial charge on any atom is -0.456 e. The van der Waals surface area contributed by atoms with Gasteiger partial charge in [-0.3, -0.25) is 0 Å². The zero-order valence-electron chi connectivity index (χ0n) is 30.6. The van der Waals surface area contributed by atoms with Crippen LogP contribution in [-0.4, -0.2) is 15.0 Å². The number of rotatable bonds is 4. The first-order valence-electron chi connectivity index (χ1n) is 19.2. The van der Waals surface area contributed by atoms with Crippen molar-refractivity contribution in [3.8, 4) is 56.4 Å². The van der Waals surface area contributed by atoms with Gasteiger partial charge in [0.1, 0.15) is 11.2 Å². The third-order valence-electron chi connectivity index (χ3n) is 11.6. The van der Waals surface area contributed by atoms with Gasteiger partial charge in [0.2, 0.25) is 0 Å². The minimum atomic E-state index is -0.439. The summed E-state index contributed by atoms with van der Waals surface area (Å²) in [6, 6.07) is 66.8. The molecule has 1 aliphatic carbocycles. The maximum atomic E-state index is 6.54. The van der Waals surface area contributed by atoms with E-state index in [4.69, 9.17) is 19.4 Å². The Hall–Kier alpha value is -7.08. The lowest BCUT2D eigenvalue weighted by molar-refractivity contribution is 0.669. The number of hydrogen-bond acceptors (Lipinski definition) is 5. The van der Waals surface area contributed by atoms with Crippen LogP contribution in [0.5, 0.6) is 0 Å². The SMILES string of the molecule is c1ccc(-c2nc(-c3ccccc3)nc(-c3cccc4oc5ccc(-c6ccc7c(c6)C6(c8ccccc8S7)c7ccccc7-c7ccccc76)cc5c34)n2)cc1. The van der Waals surface area contributed by atoms with Gasteiger partial charge in [-0.25, -0.2) is 15.0 Å². The molecule has 10 aromatic rings. The van der Waals surface area contributed by atoms with Crippen LogP contribution in [0.2, 0.25) is 0 Å². The van der Waals surface area contributed by atoms with Crippen molar-refractivity contribution in [2.45, 2.75) is 15.2 Å². The van der Waals surface area contributed by atoms with E-state index >= 15 is 0 Å². The van der Waals surface area contributed by atoms with Gasteiger partial charge in [0.25, 0.3) is 0 Å². The Labute approximate surface area is 333 Å². The van der Waals surface area contributed by atoms with Gasteiger partial charge in [0.05, 0.1) is 5.41 Å². The topological polar surface area (TPSA) is 51.8 Å². The van der Waals surface area contributed by atoms with E-state index in [9.17, 15) is 0 Å². The van der Waals surface area contributed by atoms with Crippen molar-refractivity contribution < 1.29 is 4.42 Å². The Morgan fingerprint density at radius 3 is 1.61 bits per heavy atom. The minimum absolute atomic E-state index is 0.439. The second-order valence-corrected chi connectivity index (χ2v) is 15.8. The van der Waals surface area contributed by atoms with Crippen molar-refractivity contribution in [1.29, 1.82) is 0 Å². The van der Waals surface area contributed by atoms with Crippen LogP contribution in [0.4, 0.5) is 0 Å². The summed E-state index contributed by atoms with van der Waals surface area (Å²) in [7, 11) is 0. The van der Waals surface area contributed by atoms with Crippen molar-refractivity contribution in [2.75, 3.05) is 0 Å². The molecule has 0 fully saturated rings. The predicted octanol–water partition coefficient (Wildman–Crippen LogP) is 13.3. The number of aromatic nitrogens is 3. The zero-order chi connectivity index (χ0) is 37.5. The monoisotopic (exact) mass is 745 g/mol. The third kappa shape index (κ3) is 4.79. The Balaban J connectivity index is 1.06. The fourth-order valence-corrected chi connectivity index (χ4v) is 10.3. The number of hydrogen-bond donors (Lipinski definition) is 0. The molecule has 8 aromatic carbocycles. The first-order valence-corrected chi connectivity index (χ1v) is 20.0. The van der Waals surface area contributed by atoms with E-state index in [1.165, 1.54) is 43.2 Å². The average molecular weight is 746 g/mol. The van der Waals surface area contributed by atoms with Gasteiger partial charge in [0, 0.05) is 37.3 Å². The van der Waals surface area contributed by atoms with Crippen LogP contribution in [0.1, 0.15) is 22.3 Å². The molecule has 0 saturated carbocycles. The van der Waals surface area contributed by atoms with Crippen LogP contribution < -0.4 is 0 Å². The summed E-state index contributed by atoms with van der Waals surface area (Å²) in [6.07, 6.45) is 0. The third-order valence-corrected chi connectivity index (χ3v) is 12.8. The van der Waals surface area contributed by atoms with Gasteiger partial charge < -0.3 is 4.42 Å². The van der Waals surface area contributed by atoms with Crippen LogP contribution in [0, 0.1) is 0 Å². The van der Waals surface area contributed by atoms with Crippen molar-refractivity contribution in [3.63, 3.8) is 0 Å². The van der Waals surface area contributed by atoms with E-state index in [0.29, 0.717) is 17.5 Å². The summed E-state index contributed by atoms with van der Waals surface area (Å²) >= 11 is 1.87. The number of fused-ring (bicyclic) bond motifs is 12. The first-order chi connectivity index (χ1) is 28.2. The molecule has 0 saturated heterocycles. The van der Waals surface area contributed by atoms with E-state index in [0.717, 1.165) is 49.8 Å². The standard InChI is InChI=1S/C52H31N3OS/c1-3-14-32(15-4-1)49-53-50(33-16-5-2-6-17-33)55-51(54-49)38-20-13-24-45-48(38)39-30-34(26-28-44(39)56-45)35-27-29-47-43(31-35)52(42-23-11-12-25-46(42)57-47)40-21-9-7-18-36(40)37-19-8-10-22-41(37)52/h1-31H. The second kappa shape index (κ2) is 12.5. The van der Waals surface area contributed by atoms with Gasteiger partial charge in [-0.2, -0.15) is 0 Å². The van der Waals surface area contributed by atoms with Crippen LogP contribution in [-0.2, 0) is 5.41 Å². The van der Waals surface area contributed by atoms with Gasteiger partial charge >= 0.3 is 0 Å². The second-order valence-electron chi connectivity index (χ2n) is 14.7. The first kappa shape index (κ1) is 32.2. The molecule has 266 valence electrons. The Morgan fingerprint density at radius 1 is 0.368 bits per heavy atom. The van der Waals surface area contributed by atoms with E-state index in [1.54, 1.807) is 0 Å². The Kier molecular flexibility index (Phi) is 7.04. The Bertz CT molecular complexity index is 3120. The number of benzene rings is 8. The molecular formula is C52H31N3OS. The molecular weight excluding hydrogens is 715 g/mol. The van der Waals surface area contributed by atoms with Crippen LogP contribution >= 0.6 is 11.8 Å². The lowest BCUT2D eigenvalue weighted by atomic mass is 9.67. The predicted molar refractivity (Wildman–Crippen MR) is 230 cm³/mol. The van der Waals surface area contributed by atoms with E-state index in [-0.39, 0.29) is 0 Å². The van der Waals surface area contributed by atoms with Crippen molar-refractivity contribution in [2.24, 2.45) is 0 Å². The zero-order valence-corrected chi connectivity index (χ0v) is 31.4.